The fraction of sp³-hybridized carbons (Fsp3) is 0.0417. The molecule has 0 bridgehead atoms. The van der Waals surface area contributed by atoms with E-state index in [0.29, 0.717) is 22.4 Å². The van der Waals surface area contributed by atoms with Crippen molar-refractivity contribution in [2.75, 3.05) is 5.32 Å². The zero-order valence-electron chi connectivity index (χ0n) is 16.7. The van der Waals surface area contributed by atoms with Crippen LogP contribution in [0.5, 0.6) is 0 Å². The molecule has 0 radical (unpaired) electrons. The maximum atomic E-state index is 13.1. The molecule has 0 spiro atoms. The van der Waals surface area contributed by atoms with Crippen LogP contribution in [0.25, 0.3) is 22.6 Å². The molecule has 0 saturated carbocycles. The van der Waals surface area contributed by atoms with E-state index < -0.39 is 10.0 Å². The van der Waals surface area contributed by atoms with Crippen molar-refractivity contribution in [2.24, 2.45) is 0 Å². The van der Waals surface area contributed by atoms with Gasteiger partial charge in [0.2, 0.25) is 10.0 Å². The van der Waals surface area contributed by atoms with Gasteiger partial charge in [0.1, 0.15) is 5.82 Å². The summed E-state index contributed by atoms with van der Waals surface area (Å²) in [6.45, 7) is 0.0225. The monoisotopic (exact) mass is 447 g/mol. The standard InChI is InChI=1S/C24H18FN3O3S/c25-17-7-5-15(6-8-17)14-26-32(30,31)19-9-10-23-20(13-19)21(24(29)28-23)12-18-11-16-3-1-2-4-22(16)27-18/h1-13,26-27H,14H2,(H,28,29). The largest absolute Gasteiger partial charge is 0.355 e. The van der Waals surface area contributed by atoms with Crippen LogP contribution in [-0.2, 0) is 21.4 Å². The van der Waals surface area contributed by atoms with Gasteiger partial charge in [-0.1, -0.05) is 30.3 Å². The summed E-state index contributed by atoms with van der Waals surface area (Å²) in [5, 5.41) is 3.78. The highest BCUT2D eigenvalue weighted by atomic mass is 32.2. The summed E-state index contributed by atoms with van der Waals surface area (Å²) in [6.07, 6.45) is 1.71. The lowest BCUT2D eigenvalue weighted by Gasteiger charge is -2.08. The van der Waals surface area contributed by atoms with Crippen LogP contribution in [-0.4, -0.2) is 19.3 Å². The van der Waals surface area contributed by atoms with Crippen LogP contribution in [0.1, 0.15) is 16.8 Å². The van der Waals surface area contributed by atoms with Gasteiger partial charge in [0.05, 0.1) is 10.5 Å². The molecule has 2 heterocycles. The van der Waals surface area contributed by atoms with E-state index in [1.54, 1.807) is 12.1 Å². The van der Waals surface area contributed by atoms with Gasteiger partial charge >= 0.3 is 0 Å². The molecular formula is C24H18FN3O3S. The fourth-order valence-corrected chi connectivity index (χ4v) is 4.71. The Morgan fingerprint density at radius 2 is 1.75 bits per heavy atom. The molecule has 0 saturated heterocycles. The second kappa shape index (κ2) is 7.74. The molecule has 1 amide bonds. The smallest absolute Gasteiger partial charge is 0.256 e. The number of carbonyl (C=O) groups excluding carboxylic acids is 1. The maximum absolute atomic E-state index is 13.1. The summed E-state index contributed by atoms with van der Waals surface area (Å²) in [5.74, 6) is -0.686. The number of halogens is 1. The van der Waals surface area contributed by atoms with Crippen LogP contribution in [0.3, 0.4) is 0 Å². The summed E-state index contributed by atoms with van der Waals surface area (Å²) >= 11 is 0. The fourth-order valence-electron chi connectivity index (χ4n) is 3.67. The average molecular weight is 447 g/mol. The molecule has 1 aliphatic rings. The Labute approximate surface area is 183 Å². The van der Waals surface area contributed by atoms with Crippen LogP contribution >= 0.6 is 0 Å². The third kappa shape index (κ3) is 3.81. The number of aromatic nitrogens is 1. The van der Waals surface area contributed by atoms with Crippen molar-refractivity contribution in [3.63, 3.8) is 0 Å². The summed E-state index contributed by atoms with van der Waals surface area (Å²) in [7, 11) is -3.84. The van der Waals surface area contributed by atoms with E-state index in [4.69, 9.17) is 0 Å². The molecule has 0 fully saturated rings. The first-order valence-electron chi connectivity index (χ1n) is 9.88. The quantitative estimate of drug-likeness (QED) is 0.399. The van der Waals surface area contributed by atoms with Crippen molar-refractivity contribution in [1.29, 1.82) is 0 Å². The number of sulfonamides is 1. The molecule has 160 valence electrons. The van der Waals surface area contributed by atoms with Gasteiger partial charge in [-0.2, -0.15) is 0 Å². The van der Waals surface area contributed by atoms with E-state index in [2.05, 4.69) is 15.0 Å². The Bertz CT molecular complexity index is 1460. The Balaban J connectivity index is 1.45. The van der Waals surface area contributed by atoms with Crippen molar-refractivity contribution < 1.29 is 17.6 Å². The molecule has 32 heavy (non-hydrogen) atoms. The van der Waals surface area contributed by atoms with Crippen LogP contribution in [0.4, 0.5) is 10.1 Å². The number of benzene rings is 3. The predicted molar refractivity (Wildman–Crippen MR) is 122 cm³/mol. The highest BCUT2D eigenvalue weighted by Crippen LogP contribution is 2.35. The first-order chi connectivity index (χ1) is 15.4. The normalized spacial score (nSPS) is 14.7. The highest BCUT2D eigenvalue weighted by molar-refractivity contribution is 7.89. The number of aromatic amines is 1. The number of fused-ring (bicyclic) bond motifs is 2. The van der Waals surface area contributed by atoms with Crippen molar-refractivity contribution in [3.8, 4) is 0 Å². The second-order valence-electron chi connectivity index (χ2n) is 7.48. The first-order valence-corrected chi connectivity index (χ1v) is 11.4. The number of carbonyl (C=O) groups is 1. The molecule has 6 nitrogen and oxygen atoms in total. The molecule has 3 N–H and O–H groups in total. The third-order valence-electron chi connectivity index (χ3n) is 5.31. The first kappa shape index (κ1) is 20.2. The maximum Gasteiger partial charge on any atom is 0.256 e. The van der Waals surface area contributed by atoms with Gasteiger partial charge in [-0.15, -0.1) is 0 Å². The van der Waals surface area contributed by atoms with Gasteiger partial charge in [0, 0.05) is 29.0 Å². The summed E-state index contributed by atoms with van der Waals surface area (Å²) in [5.41, 5.74) is 3.76. The molecule has 0 unspecified atom stereocenters. The van der Waals surface area contributed by atoms with Crippen molar-refractivity contribution >= 4 is 44.2 Å². The lowest BCUT2D eigenvalue weighted by molar-refractivity contribution is -0.110. The lowest BCUT2D eigenvalue weighted by atomic mass is 10.1. The Kier molecular flexibility index (Phi) is 4.88. The molecule has 0 aliphatic carbocycles. The lowest BCUT2D eigenvalue weighted by Crippen LogP contribution is -2.23. The van der Waals surface area contributed by atoms with Crippen molar-refractivity contribution in [3.05, 3.63) is 95.4 Å². The van der Waals surface area contributed by atoms with Crippen molar-refractivity contribution in [2.45, 2.75) is 11.4 Å². The number of hydrogen-bond donors (Lipinski definition) is 3. The predicted octanol–water partition coefficient (Wildman–Crippen LogP) is 4.28. The van der Waals surface area contributed by atoms with E-state index in [1.807, 2.05) is 30.3 Å². The SMILES string of the molecule is O=C1Nc2ccc(S(=O)(=O)NCc3ccc(F)cc3)cc2C1=Cc1cc2ccccc2[nH]1. The minimum Gasteiger partial charge on any atom is -0.355 e. The molecule has 1 aliphatic heterocycles. The molecular weight excluding hydrogens is 429 g/mol. The molecule has 3 aromatic carbocycles. The van der Waals surface area contributed by atoms with E-state index in [0.717, 1.165) is 16.6 Å². The van der Waals surface area contributed by atoms with Crippen LogP contribution in [0.2, 0.25) is 0 Å². The molecule has 8 heteroatoms. The number of anilines is 1. The van der Waals surface area contributed by atoms with E-state index in [1.165, 1.54) is 36.4 Å². The van der Waals surface area contributed by atoms with Gasteiger partial charge < -0.3 is 10.3 Å². The third-order valence-corrected chi connectivity index (χ3v) is 6.71. The molecule has 4 aromatic rings. The van der Waals surface area contributed by atoms with Crippen LogP contribution in [0.15, 0.2) is 77.7 Å². The summed E-state index contributed by atoms with van der Waals surface area (Å²) < 4.78 is 41.2. The highest BCUT2D eigenvalue weighted by Gasteiger charge is 2.27. The van der Waals surface area contributed by atoms with Gasteiger partial charge in [-0.25, -0.2) is 17.5 Å². The Morgan fingerprint density at radius 1 is 0.969 bits per heavy atom. The minimum atomic E-state index is -3.84. The number of amides is 1. The number of rotatable bonds is 5. The van der Waals surface area contributed by atoms with E-state index in [9.17, 15) is 17.6 Å². The van der Waals surface area contributed by atoms with Crippen molar-refractivity contribution in [1.82, 2.24) is 9.71 Å². The van der Waals surface area contributed by atoms with Gasteiger partial charge in [-0.3, -0.25) is 4.79 Å². The van der Waals surface area contributed by atoms with Crippen LogP contribution in [0, 0.1) is 5.82 Å². The van der Waals surface area contributed by atoms with Gasteiger partial charge in [0.25, 0.3) is 5.91 Å². The zero-order valence-corrected chi connectivity index (χ0v) is 17.5. The molecule has 1 aromatic heterocycles. The number of para-hydroxylation sites is 1. The second-order valence-corrected chi connectivity index (χ2v) is 9.25. The zero-order chi connectivity index (χ0) is 22.3. The average Bonchev–Trinajstić information content (AvgIpc) is 3.33. The Morgan fingerprint density at radius 3 is 2.53 bits per heavy atom. The minimum absolute atomic E-state index is 0.0225. The van der Waals surface area contributed by atoms with Gasteiger partial charge in [-0.05, 0) is 59.5 Å². The van der Waals surface area contributed by atoms with E-state index >= 15 is 0 Å². The van der Waals surface area contributed by atoms with Gasteiger partial charge in [0.15, 0.2) is 0 Å². The number of hydrogen-bond acceptors (Lipinski definition) is 3. The topological polar surface area (TPSA) is 91.1 Å². The number of H-pyrrole nitrogens is 1. The summed E-state index contributed by atoms with van der Waals surface area (Å²) in [6, 6.07) is 19.8. The molecule has 5 rings (SSSR count). The van der Waals surface area contributed by atoms with Crippen LogP contribution < -0.4 is 10.0 Å². The number of nitrogens with one attached hydrogen (secondary N) is 3. The Hall–Kier alpha value is -3.75. The molecule has 0 atom stereocenters. The summed E-state index contributed by atoms with van der Waals surface area (Å²) in [4.78, 5) is 15.8. The van der Waals surface area contributed by atoms with E-state index in [-0.39, 0.29) is 23.2 Å².